The maximum atomic E-state index is 9.13. The molecule has 0 fully saturated rings. The molecular formula is C21H18O2. The summed E-state index contributed by atoms with van der Waals surface area (Å²) in [4.78, 5) is 4.59. The van der Waals surface area contributed by atoms with E-state index in [0.717, 1.165) is 6.42 Å². The minimum Gasteiger partial charge on any atom is -0.252 e. The van der Waals surface area contributed by atoms with E-state index >= 15 is 0 Å². The first-order valence-electron chi connectivity index (χ1n) is 7.86. The van der Waals surface area contributed by atoms with E-state index in [1.54, 1.807) is 0 Å². The monoisotopic (exact) mass is 302 g/mol. The molecule has 0 heterocycles. The number of hydrogen-bond acceptors (Lipinski definition) is 2. The molecular weight excluding hydrogens is 284 g/mol. The van der Waals surface area contributed by atoms with Crippen LogP contribution in [0.15, 0.2) is 78.9 Å². The molecule has 0 aliphatic heterocycles. The van der Waals surface area contributed by atoms with Crippen molar-refractivity contribution in [2.45, 2.75) is 11.8 Å². The quantitative estimate of drug-likeness (QED) is 0.407. The fourth-order valence-corrected chi connectivity index (χ4v) is 3.64. The normalized spacial score (nSPS) is 20.4. The van der Waals surface area contributed by atoms with E-state index in [1.807, 2.05) is 12.2 Å². The summed E-state index contributed by atoms with van der Waals surface area (Å²) in [6, 6.07) is 19.2. The van der Waals surface area contributed by atoms with Crippen LogP contribution in [0.1, 0.15) is 12.0 Å². The summed E-state index contributed by atoms with van der Waals surface area (Å²) < 4.78 is 0. The van der Waals surface area contributed by atoms with E-state index in [4.69, 9.17) is 5.26 Å². The Bertz CT molecular complexity index is 923. The van der Waals surface area contributed by atoms with Gasteiger partial charge >= 0.3 is 0 Å². The van der Waals surface area contributed by atoms with Crippen molar-refractivity contribution in [3.05, 3.63) is 84.5 Å². The number of hydrogen-bond donors (Lipinski definition) is 1. The molecule has 0 spiro atoms. The molecule has 0 bridgehead atoms. The van der Waals surface area contributed by atoms with Gasteiger partial charge in [0.2, 0.25) is 0 Å². The standard InChI is InChI=1S/C21H18O2/c22-23-15-21(13-4-1-5-14-21)20-10-6-9-18-17-8-3-2-7-16(17)11-12-19(18)20/h1-13,22H,14-15H2. The molecule has 4 rings (SSSR count). The van der Waals surface area contributed by atoms with Crippen molar-refractivity contribution < 1.29 is 10.1 Å². The Morgan fingerprint density at radius 3 is 2.57 bits per heavy atom. The van der Waals surface area contributed by atoms with Gasteiger partial charge in [0.1, 0.15) is 0 Å². The molecule has 0 aromatic heterocycles. The summed E-state index contributed by atoms with van der Waals surface area (Å²) in [5.41, 5.74) is 0.862. The van der Waals surface area contributed by atoms with Crippen LogP contribution < -0.4 is 0 Å². The van der Waals surface area contributed by atoms with E-state index in [1.165, 1.54) is 27.1 Å². The summed E-state index contributed by atoms with van der Waals surface area (Å²) in [7, 11) is 0. The van der Waals surface area contributed by atoms with Crippen LogP contribution >= 0.6 is 0 Å². The average Bonchev–Trinajstić information content (AvgIpc) is 2.62. The molecule has 3 aromatic rings. The van der Waals surface area contributed by atoms with Gasteiger partial charge in [0.05, 0.1) is 6.61 Å². The number of rotatable bonds is 3. The zero-order chi connectivity index (χ0) is 15.7. The Kier molecular flexibility index (Phi) is 3.49. The van der Waals surface area contributed by atoms with Gasteiger partial charge < -0.3 is 0 Å². The third-order valence-electron chi connectivity index (χ3n) is 4.79. The summed E-state index contributed by atoms with van der Waals surface area (Å²) in [5.74, 6) is 0. The Morgan fingerprint density at radius 2 is 1.74 bits per heavy atom. The van der Waals surface area contributed by atoms with Crippen molar-refractivity contribution >= 4 is 21.5 Å². The van der Waals surface area contributed by atoms with Gasteiger partial charge in [0.15, 0.2) is 0 Å². The van der Waals surface area contributed by atoms with E-state index < -0.39 is 0 Å². The van der Waals surface area contributed by atoms with Gasteiger partial charge in [-0.05, 0) is 33.5 Å². The SMILES string of the molecule is OOCC1(c2cccc3c2ccc2ccccc23)C=CC=CC1. The van der Waals surface area contributed by atoms with Gasteiger partial charge in [0, 0.05) is 5.41 Å². The molecule has 114 valence electrons. The fourth-order valence-electron chi connectivity index (χ4n) is 3.64. The van der Waals surface area contributed by atoms with Crippen LogP contribution in [-0.2, 0) is 10.3 Å². The van der Waals surface area contributed by atoms with E-state index in [2.05, 4.69) is 71.6 Å². The molecule has 0 radical (unpaired) electrons. The van der Waals surface area contributed by atoms with Crippen LogP contribution in [0, 0.1) is 0 Å². The van der Waals surface area contributed by atoms with Crippen molar-refractivity contribution in [3.8, 4) is 0 Å². The summed E-state index contributed by atoms with van der Waals surface area (Å²) in [5, 5.41) is 14.1. The molecule has 2 nitrogen and oxygen atoms in total. The van der Waals surface area contributed by atoms with Crippen LogP contribution in [0.5, 0.6) is 0 Å². The smallest absolute Gasteiger partial charge is 0.0954 e. The fraction of sp³-hybridized carbons (Fsp3) is 0.143. The van der Waals surface area contributed by atoms with E-state index in [-0.39, 0.29) is 12.0 Å². The lowest BCUT2D eigenvalue weighted by Gasteiger charge is -2.31. The zero-order valence-corrected chi connectivity index (χ0v) is 12.8. The molecule has 0 saturated carbocycles. The van der Waals surface area contributed by atoms with Crippen LogP contribution in [0.3, 0.4) is 0 Å². The first-order chi connectivity index (χ1) is 11.3. The van der Waals surface area contributed by atoms with Gasteiger partial charge in [-0.2, -0.15) is 0 Å². The first-order valence-corrected chi connectivity index (χ1v) is 7.86. The van der Waals surface area contributed by atoms with E-state index in [9.17, 15) is 0 Å². The minimum absolute atomic E-state index is 0.250. The van der Waals surface area contributed by atoms with Crippen LogP contribution in [0.4, 0.5) is 0 Å². The highest BCUT2D eigenvalue weighted by Crippen LogP contribution is 2.39. The minimum atomic E-state index is -0.328. The number of allylic oxidation sites excluding steroid dienone is 3. The van der Waals surface area contributed by atoms with Gasteiger partial charge in [0.25, 0.3) is 0 Å². The molecule has 1 aliphatic carbocycles. The predicted molar refractivity (Wildman–Crippen MR) is 94.6 cm³/mol. The maximum absolute atomic E-state index is 9.13. The summed E-state index contributed by atoms with van der Waals surface area (Å²) in [6.07, 6.45) is 9.14. The third-order valence-corrected chi connectivity index (χ3v) is 4.79. The summed E-state index contributed by atoms with van der Waals surface area (Å²) >= 11 is 0. The summed E-state index contributed by atoms with van der Waals surface area (Å²) in [6.45, 7) is 0.250. The molecule has 23 heavy (non-hydrogen) atoms. The van der Waals surface area contributed by atoms with Crippen molar-refractivity contribution in [2.24, 2.45) is 0 Å². The zero-order valence-electron chi connectivity index (χ0n) is 12.8. The largest absolute Gasteiger partial charge is 0.252 e. The Balaban J connectivity index is 2.02. The highest BCUT2D eigenvalue weighted by molar-refractivity contribution is 6.08. The predicted octanol–water partition coefficient (Wildman–Crippen LogP) is 5.24. The van der Waals surface area contributed by atoms with Crippen molar-refractivity contribution in [3.63, 3.8) is 0 Å². The lowest BCUT2D eigenvalue weighted by Crippen LogP contribution is -2.30. The second kappa shape index (κ2) is 5.65. The Hall–Kier alpha value is -2.42. The van der Waals surface area contributed by atoms with Crippen LogP contribution in [0.25, 0.3) is 21.5 Å². The Labute approximate surface area is 135 Å². The maximum Gasteiger partial charge on any atom is 0.0954 e. The van der Waals surface area contributed by atoms with Crippen molar-refractivity contribution in [2.75, 3.05) is 6.61 Å². The molecule has 1 unspecified atom stereocenters. The van der Waals surface area contributed by atoms with E-state index in [0.29, 0.717) is 0 Å². The lowest BCUT2D eigenvalue weighted by molar-refractivity contribution is -0.251. The van der Waals surface area contributed by atoms with Crippen molar-refractivity contribution in [1.82, 2.24) is 0 Å². The topological polar surface area (TPSA) is 29.5 Å². The highest BCUT2D eigenvalue weighted by atomic mass is 17.1. The second-order valence-electron chi connectivity index (χ2n) is 6.11. The molecule has 2 heteroatoms. The van der Waals surface area contributed by atoms with Gasteiger partial charge in [-0.3, -0.25) is 5.26 Å². The number of benzene rings is 3. The van der Waals surface area contributed by atoms with Gasteiger partial charge in [-0.15, -0.1) is 0 Å². The molecule has 1 aliphatic rings. The molecule has 0 saturated heterocycles. The third kappa shape index (κ3) is 2.27. The highest BCUT2D eigenvalue weighted by Gasteiger charge is 2.31. The lowest BCUT2D eigenvalue weighted by atomic mass is 9.74. The van der Waals surface area contributed by atoms with Crippen molar-refractivity contribution in [1.29, 1.82) is 0 Å². The molecule has 1 N–H and O–H groups in total. The van der Waals surface area contributed by atoms with Gasteiger partial charge in [-0.25, -0.2) is 4.89 Å². The molecule has 1 atom stereocenters. The number of fused-ring (bicyclic) bond motifs is 3. The molecule has 0 amide bonds. The second-order valence-corrected chi connectivity index (χ2v) is 6.11. The van der Waals surface area contributed by atoms with Crippen LogP contribution in [0.2, 0.25) is 0 Å². The molecule has 3 aromatic carbocycles. The van der Waals surface area contributed by atoms with Gasteiger partial charge in [-0.1, -0.05) is 78.9 Å². The van der Waals surface area contributed by atoms with Crippen LogP contribution in [-0.4, -0.2) is 11.9 Å². The first kappa shape index (κ1) is 14.2. The average molecular weight is 302 g/mol. The Morgan fingerprint density at radius 1 is 0.870 bits per heavy atom.